The third kappa shape index (κ3) is 7.45. The van der Waals surface area contributed by atoms with Gasteiger partial charge in [-0.1, -0.05) is 6.07 Å². The van der Waals surface area contributed by atoms with Crippen LogP contribution in [-0.2, 0) is 16.0 Å². The summed E-state index contributed by atoms with van der Waals surface area (Å²) < 4.78 is 16.0. The first-order valence-electron chi connectivity index (χ1n) is 8.65. The molecule has 7 heteroatoms. The summed E-state index contributed by atoms with van der Waals surface area (Å²) in [6.07, 6.45) is 2.15. The molecule has 1 rings (SSSR count). The number of nitrogens with zero attached hydrogens (tertiary/aromatic N) is 1. The molecule has 1 amide bonds. The first-order valence-corrected chi connectivity index (χ1v) is 8.65. The number of carbonyl (C=O) groups is 1. The second kappa shape index (κ2) is 12.6. The van der Waals surface area contributed by atoms with Crippen LogP contribution in [0.5, 0.6) is 11.5 Å². The van der Waals surface area contributed by atoms with Crippen LogP contribution in [-0.4, -0.2) is 45.9 Å². The molecule has 0 unspecified atom stereocenters. The number of hydrogen-bond acceptors (Lipinski definition) is 6. The topological polar surface area (TPSA) is 92.6 Å². The van der Waals surface area contributed by atoms with Gasteiger partial charge >= 0.3 is 0 Å². The molecule has 0 fully saturated rings. The van der Waals surface area contributed by atoms with E-state index in [2.05, 4.69) is 10.6 Å². The lowest BCUT2D eigenvalue weighted by molar-refractivity contribution is -0.117. The molecule has 0 radical (unpaired) electrons. The van der Waals surface area contributed by atoms with Gasteiger partial charge < -0.3 is 24.8 Å². The lowest BCUT2D eigenvalue weighted by Gasteiger charge is -2.12. The Morgan fingerprint density at radius 3 is 2.58 bits per heavy atom. The molecule has 1 aromatic rings. The van der Waals surface area contributed by atoms with E-state index in [4.69, 9.17) is 19.5 Å². The van der Waals surface area contributed by atoms with Crippen LogP contribution in [0.3, 0.4) is 0 Å². The summed E-state index contributed by atoms with van der Waals surface area (Å²) in [7, 11) is 1.55. The Morgan fingerprint density at radius 1 is 1.19 bits per heavy atom. The summed E-state index contributed by atoms with van der Waals surface area (Å²) in [5.41, 5.74) is 1.10. The number of hydrogen-bond donors (Lipinski definition) is 2. The zero-order valence-electron chi connectivity index (χ0n) is 15.6. The fraction of sp³-hybridized carbons (Fsp3) is 0.474. The van der Waals surface area contributed by atoms with Gasteiger partial charge in [0.2, 0.25) is 0 Å². The highest BCUT2D eigenvalue weighted by atomic mass is 16.5. The number of benzene rings is 1. The zero-order chi connectivity index (χ0) is 19.2. The first-order chi connectivity index (χ1) is 12.7. The number of carbonyl (C=O) groups excluding carboxylic acids is 1. The SMILES string of the molecule is CCOc1ccc(CCN/C=C(/C#N)C(=O)NCCOC)cc1OCC. The Hall–Kier alpha value is -2.72. The summed E-state index contributed by atoms with van der Waals surface area (Å²) in [5, 5.41) is 14.7. The van der Waals surface area contributed by atoms with E-state index in [9.17, 15) is 4.79 Å². The number of methoxy groups -OCH3 is 1. The molecule has 7 nitrogen and oxygen atoms in total. The van der Waals surface area contributed by atoms with E-state index < -0.39 is 5.91 Å². The normalized spacial score (nSPS) is 10.8. The minimum atomic E-state index is -0.420. The largest absolute Gasteiger partial charge is 0.490 e. The summed E-state index contributed by atoms with van der Waals surface area (Å²) in [4.78, 5) is 11.8. The Balaban J connectivity index is 2.56. The van der Waals surface area contributed by atoms with Crippen molar-refractivity contribution < 1.29 is 19.0 Å². The molecular weight excluding hydrogens is 334 g/mol. The molecule has 1 aromatic carbocycles. The van der Waals surface area contributed by atoms with Crippen LogP contribution in [0.25, 0.3) is 0 Å². The Bertz CT molecular complexity index is 638. The smallest absolute Gasteiger partial charge is 0.263 e. The van der Waals surface area contributed by atoms with Crippen LogP contribution in [0.1, 0.15) is 19.4 Å². The zero-order valence-corrected chi connectivity index (χ0v) is 15.6. The Morgan fingerprint density at radius 2 is 1.92 bits per heavy atom. The quantitative estimate of drug-likeness (QED) is 0.335. The molecule has 0 aliphatic heterocycles. The average molecular weight is 361 g/mol. The van der Waals surface area contributed by atoms with Crippen molar-refractivity contribution in [3.8, 4) is 17.6 Å². The van der Waals surface area contributed by atoms with E-state index in [0.717, 1.165) is 17.1 Å². The van der Waals surface area contributed by atoms with Crippen LogP contribution in [0.2, 0.25) is 0 Å². The number of rotatable bonds is 12. The van der Waals surface area contributed by atoms with Crippen LogP contribution in [0.4, 0.5) is 0 Å². The molecule has 0 aliphatic carbocycles. The summed E-state index contributed by atoms with van der Waals surface area (Å²) in [6, 6.07) is 7.70. The van der Waals surface area contributed by atoms with Gasteiger partial charge in [-0.25, -0.2) is 0 Å². The van der Waals surface area contributed by atoms with Crippen LogP contribution >= 0.6 is 0 Å². The Labute approximate surface area is 154 Å². The predicted octanol–water partition coefficient (Wildman–Crippen LogP) is 1.79. The summed E-state index contributed by atoms with van der Waals surface area (Å²) >= 11 is 0. The van der Waals surface area contributed by atoms with Crippen molar-refractivity contribution in [2.45, 2.75) is 20.3 Å². The Kier molecular flexibility index (Phi) is 10.3. The van der Waals surface area contributed by atoms with Gasteiger partial charge in [0.15, 0.2) is 11.5 Å². The van der Waals surface area contributed by atoms with Gasteiger partial charge in [-0.05, 0) is 38.0 Å². The highest BCUT2D eigenvalue weighted by Gasteiger charge is 2.08. The maximum atomic E-state index is 11.8. The maximum Gasteiger partial charge on any atom is 0.263 e. The van der Waals surface area contributed by atoms with E-state index in [-0.39, 0.29) is 5.57 Å². The minimum absolute atomic E-state index is 0.0304. The summed E-state index contributed by atoms with van der Waals surface area (Å²) in [6.45, 7) is 6.34. The van der Waals surface area contributed by atoms with Crippen molar-refractivity contribution in [3.05, 3.63) is 35.5 Å². The van der Waals surface area contributed by atoms with Gasteiger partial charge in [-0.2, -0.15) is 5.26 Å². The molecule has 0 aliphatic rings. The molecule has 26 heavy (non-hydrogen) atoms. The lowest BCUT2D eigenvalue weighted by atomic mass is 10.1. The van der Waals surface area contributed by atoms with Crippen molar-refractivity contribution in [1.82, 2.24) is 10.6 Å². The monoisotopic (exact) mass is 361 g/mol. The van der Waals surface area contributed by atoms with Crippen LogP contribution in [0, 0.1) is 11.3 Å². The van der Waals surface area contributed by atoms with Gasteiger partial charge in [0, 0.05) is 26.4 Å². The molecule has 0 aromatic heterocycles. The minimum Gasteiger partial charge on any atom is -0.490 e. The molecular formula is C19H27N3O4. The maximum absolute atomic E-state index is 11.8. The second-order valence-corrected chi connectivity index (χ2v) is 5.27. The van der Waals surface area contributed by atoms with Gasteiger partial charge in [0.05, 0.1) is 19.8 Å². The van der Waals surface area contributed by atoms with Crippen molar-refractivity contribution in [3.63, 3.8) is 0 Å². The van der Waals surface area contributed by atoms with Gasteiger partial charge in [-0.3, -0.25) is 4.79 Å². The third-order valence-corrected chi connectivity index (χ3v) is 3.37. The van der Waals surface area contributed by atoms with Crippen molar-refractivity contribution in [1.29, 1.82) is 5.26 Å². The fourth-order valence-corrected chi connectivity index (χ4v) is 2.15. The fourth-order valence-electron chi connectivity index (χ4n) is 2.15. The average Bonchev–Trinajstić information content (AvgIpc) is 2.64. The molecule has 0 saturated heterocycles. The lowest BCUT2D eigenvalue weighted by Crippen LogP contribution is -2.28. The predicted molar refractivity (Wildman–Crippen MR) is 99.1 cm³/mol. The molecule has 0 heterocycles. The van der Waals surface area contributed by atoms with Crippen molar-refractivity contribution in [2.75, 3.05) is 40.0 Å². The number of nitriles is 1. The highest BCUT2D eigenvalue weighted by Crippen LogP contribution is 2.28. The van der Waals surface area contributed by atoms with Crippen LogP contribution < -0.4 is 20.1 Å². The van der Waals surface area contributed by atoms with E-state index in [1.54, 1.807) is 7.11 Å². The van der Waals surface area contributed by atoms with Gasteiger partial charge in [0.25, 0.3) is 5.91 Å². The van der Waals surface area contributed by atoms with E-state index in [0.29, 0.717) is 39.3 Å². The van der Waals surface area contributed by atoms with Gasteiger partial charge in [0.1, 0.15) is 11.6 Å². The standard InChI is InChI=1S/C19H27N3O4/c1-4-25-17-7-6-15(12-18(17)26-5-2)8-9-21-14-16(13-20)19(23)22-10-11-24-3/h6-7,12,14,21H,4-5,8-11H2,1-3H3,(H,22,23)/b16-14-. The summed E-state index contributed by atoms with van der Waals surface area (Å²) in [5.74, 6) is 1.03. The molecule has 0 atom stereocenters. The van der Waals surface area contributed by atoms with E-state index in [1.807, 2.05) is 38.1 Å². The molecule has 0 saturated carbocycles. The van der Waals surface area contributed by atoms with E-state index >= 15 is 0 Å². The third-order valence-electron chi connectivity index (χ3n) is 3.37. The van der Waals surface area contributed by atoms with Crippen molar-refractivity contribution in [2.24, 2.45) is 0 Å². The first kappa shape index (κ1) is 21.3. The number of ether oxygens (including phenoxy) is 3. The molecule has 142 valence electrons. The molecule has 2 N–H and O–H groups in total. The molecule has 0 spiro atoms. The highest BCUT2D eigenvalue weighted by molar-refractivity contribution is 5.97. The van der Waals surface area contributed by atoms with E-state index in [1.165, 1.54) is 6.20 Å². The van der Waals surface area contributed by atoms with Crippen molar-refractivity contribution >= 4 is 5.91 Å². The second-order valence-electron chi connectivity index (χ2n) is 5.27. The number of amides is 1. The van der Waals surface area contributed by atoms with Gasteiger partial charge in [-0.15, -0.1) is 0 Å². The number of nitrogens with one attached hydrogen (secondary N) is 2. The van der Waals surface area contributed by atoms with Crippen LogP contribution in [0.15, 0.2) is 30.0 Å². The molecule has 0 bridgehead atoms.